The maximum Gasteiger partial charge on any atom is 0.163 e. The van der Waals surface area contributed by atoms with Crippen LogP contribution in [0.1, 0.15) is 21.4 Å². The highest BCUT2D eigenvalue weighted by molar-refractivity contribution is 5.96. The molecule has 1 aromatic carbocycles. The predicted octanol–water partition coefficient (Wildman–Crippen LogP) is 1.60. The van der Waals surface area contributed by atoms with Gasteiger partial charge in [0.25, 0.3) is 0 Å². The Morgan fingerprint density at radius 1 is 1.67 bits per heavy atom. The molecule has 0 saturated carbocycles. The zero-order chi connectivity index (χ0) is 11.6. The van der Waals surface area contributed by atoms with Crippen LogP contribution in [0, 0.1) is 0 Å². The summed E-state index contributed by atoms with van der Waals surface area (Å²) in [6.07, 6.45) is 0. The summed E-state index contributed by atoms with van der Waals surface area (Å²) in [5.41, 5.74) is 0.132. The number of ether oxygens (including phenoxy) is 1. The zero-order valence-corrected chi connectivity index (χ0v) is 6.50. The fourth-order valence-corrected chi connectivity index (χ4v) is 0.873. The van der Waals surface area contributed by atoms with Crippen LogP contribution in [-0.4, -0.2) is 17.9 Å². The van der Waals surface area contributed by atoms with E-state index < -0.39 is 7.04 Å². The van der Waals surface area contributed by atoms with Gasteiger partial charge in [0.15, 0.2) is 5.78 Å². The molecular weight excluding hydrogens is 156 g/mol. The number of methoxy groups -OCH3 is 1. The van der Waals surface area contributed by atoms with Crippen molar-refractivity contribution in [1.29, 1.82) is 0 Å². The Bertz CT molecular complexity index is 385. The van der Waals surface area contributed by atoms with E-state index in [1.54, 1.807) is 0 Å². The van der Waals surface area contributed by atoms with Gasteiger partial charge in [0.05, 0.1) is 16.7 Å². The van der Waals surface area contributed by atoms with Crippen molar-refractivity contribution in [1.82, 2.24) is 0 Å². The van der Waals surface area contributed by atoms with Crippen LogP contribution in [0.3, 0.4) is 0 Å². The average molecular weight is 169 g/mol. The summed E-state index contributed by atoms with van der Waals surface area (Å²) in [5, 5.41) is 9.37. The predicted molar refractivity (Wildman–Crippen MR) is 44.7 cm³/mol. The van der Waals surface area contributed by atoms with Crippen molar-refractivity contribution < 1.29 is 18.8 Å². The van der Waals surface area contributed by atoms with Crippen LogP contribution in [-0.2, 0) is 0 Å². The van der Waals surface area contributed by atoms with Crippen LogP contribution in [0.5, 0.6) is 11.5 Å². The second-order valence-electron chi connectivity index (χ2n) is 2.34. The van der Waals surface area contributed by atoms with Gasteiger partial charge in [-0.05, 0) is 19.1 Å². The molecule has 0 aliphatic carbocycles. The van der Waals surface area contributed by atoms with Crippen LogP contribution >= 0.6 is 0 Å². The highest BCUT2D eigenvalue weighted by Gasteiger charge is 2.06. The van der Waals surface area contributed by atoms with Gasteiger partial charge in [0.2, 0.25) is 0 Å². The Kier molecular flexibility index (Phi) is 1.41. The SMILES string of the molecule is [2H]C([2H])([2H])Oc1ccc(C(C)=O)c(O)c1. The normalized spacial score (nSPS) is 14.2. The van der Waals surface area contributed by atoms with E-state index in [1.807, 2.05) is 0 Å². The number of phenols is 1. The van der Waals surface area contributed by atoms with Crippen molar-refractivity contribution >= 4 is 5.78 Å². The summed E-state index contributed by atoms with van der Waals surface area (Å²) < 4.78 is 25.1. The topological polar surface area (TPSA) is 46.5 Å². The van der Waals surface area contributed by atoms with E-state index in [0.29, 0.717) is 0 Å². The number of carbonyl (C=O) groups is 1. The van der Waals surface area contributed by atoms with Crippen LogP contribution < -0.4 is 4.74 Å². The van der Waals surface area contributed by atoms with E-state index in [-0.39, 0.29) is 22.8 Å². The van der Waals surface area contributed by atoms with E-state index in [0.717, 1.165) is 6.07 Å². The third-order valence-electron chi connectivity index (χ3n) is 1.47. The first-order valence-electron chi connectivity index (χ1n) is 4.82. The van der Waals surface area contributed by atoms with Gasteiger partial charge in [-0.2, -0.15) is 0 Å². The molecule has 1 aromatic rings. The first kappa shape index (κ1) is 5.19. The summed E-state index contributed by atoms with van der Waals surface area (Å²) in [7, 11) is -2.57. The summed E-state index contributed by atoms with van der Waals surface area (Å²) >= 11 is 0. The molecule has 0 bridgehead atoms. The number of ketones is 1. The Labute approximate surface area is 74.8 Å². The number of rotatable bonds is 2. The quantitative estimate of drug-likeness (QED) is 0.684. The van der Waals surface area contributed by atoms with E-state index in [9.17, 15) is 9.90 Å². The molecule has 3 nitrogen and oxygen atoms in total. The Hall–Kier alpha value is -1.51. The molecule has 12 heavy (non-hydrogen) atoms. The summed E-state index contributed by atoms with van der Waals surface area (Å²) in [4.78, 5) is 11.0. The minimum absolute atomic E-state index is 0.00231. The second kappa shape index (κ2) is 3.26. The van der Waals surface area contributed by atoms with Gasteiger partial charge in [-0.3, -0.25) is 4.79 Å². The number of hydrogen-bond donors (Lipinski definition) is 1. The van der Waals surface area contributed by atoms with Gasteiger partial charge in [0, 0.05) is 6.07 Å². The second-order valence-corrected chi connectivity index (χ2v) is 2.34. The largest absolute Gasteiger partial charge is 0.507 e. The summed E-state index contributed by atoms with van der Waals surface area (Å²) in [5.74, 6) is -0.588. The summed E-state index contributed by atoms with van der Waals surface area (Å²) in [6.45, 7) is 1.30. The van der Waals surface area contributed by atoms with Crippen molar-refractivity contribution in [3.05, 3.63) is 23.8 Å². The fourth-order valence-electron chi connectivity index (χ4n) is 0.873. The standard InChI is InChI=1S/C9H10O3/c1-6(10)8-4-3-7(12-2)5-9(8)11/h3-5,11H,1-2H3/i2D3. The van der Waals surface area contributed by atoms with Crippen LogP contribution in [0.15, 0.2) is 18.2 Å². The van der Waals surface area contributed by atoms with Crippen molar-refractivity contribution in [3.63, 3.8) is 0 Å². The lowest BCUT2D eigenvalue weighted by molar-refractivity contribution is 0.101. The third-order valence-corrected chi connectivity index (χ3v) is 1.47. The number of benzene rings is 1. The van der Waals surface area contributed by atoms with E-state index in [1.165, 1.54) is 19.1 Å². The van der Waals surface area contributed by atoms with Crippen LogP contribution in [0.4, 0.5) is 0 Å². The lowest BCUT2D eigenvalue weighted by Gasteiger charge is -2.02. The van der Waals surface area contributed by atoms with E-state index >= 15 is 0 Å². The Morgan fingerprint density at radius 3 is 2.92 bits per heavy atom. The molecule has 0 unspecified atom stereocenters. The minimum atomic E-state index is -2.57. The molecule has 64 valence electrons. The Morgan fingerprint density at radius 2 is 2.42 bits per heavy atom. The maximum absolute atomic E-state index is 11.0. The molecule has 3 heteroatoms. The van der Waals surface area contributed by atoms with E-state index in [4.69, 9.17) is 4.11 Å². The van der Waals surface area contributed by atoms with Crippen LogP contribution in [0.2, 0.25) is 0 Å². The molecule has 0 amide bonds. The van der Waals surface area contributed by atoms with E-state index in [2.05, 4.69) is 4.74 Å². The number of carbonyl (C=O) groups excluding carboxylic acids is 1. The summed E-state index contributed by atoms with van der Waals surface area (Å²) in [6, 6.07) is 3.74. The highest BCUT2D eigenvalue weighted by atomic mass is 16.5. The van der Waals surface area contributed by atoms with Crippen molar-refractivity contribution in [3.8, 4) is 11.5 Å². The zero-order valence-electron chi connectivity index (χ0n) is 9.50. The lowest BCUT2D eigenvalue weighted by Crippen LogP contribution is -1.92. The third kappa shape index (κ3) is 1.56. The van der Waals surface area contributed by atoms with Crippen LogP contribution in [0.25, 0.3) is 0 Å². The molecule has 0 radical (unpaired) electrons. The molecule has 0 heterocycles. The maximum atomic E-state index is 11.0. The molecule has 0 saturated heterocycles. The smallest absolute Gasteiger partial charge is 0.163 e. The molecule has 0 spiro atoms. The minimum Gasteiger partial charge on any atom is -0.507 e. The fraction of sp³-hybridized carbons (Fsp3) is 0.222. The lowest BCUT2D eigenvalue weighted by atomic mass is 10.1. The first-order valence-corrected chi connectivity index (χ1v) is 3.32. The molecular formula is C9H10O3. The molecule has 1 N–H and O–H groups in total. The average Bonchev–Trinajstić information content (AvgIpc) is 1.99. The van der Waals surface area contributed by atoms with Gasteiger partial charge in [-0.15, -0.1) is 0 Å². The number of aromatic hydroxyl groups is 1. The monoisotopic (exact) mass is 169 g/mol. The first-order chi connectivity index (χ1) is 6.79. The molecule has 1 rings (SSSR count). The molecule has 0 fully saturated rings. The molecule has 0 atom stereocenters. The van der Waals surface area contributed by atoms with Gasteiger partial charge in [-0.1, -0.05) is 0 Å². The number of phenolic OH excluding ortho intramolecular Hbond substituents is 1. The van der Waals surface area contributed by atoms with Gasteiger partial charge in [0.1, 0.15) is 11.5 Å². The van der Waals surface area contributed by atoms with Gasteiger partial charge in [-0.25, -0.2) is 0 Å². The highest BCUT2D eigenvalue weighted by Crippen LogP contribution is 2.23. The number of Topliss-reactive ketones (excluding diaryl/α,β-unsaturated/α-hetero) is 1. The van der Waals surface area contributed by atoms with Gasteiger partial charge >= 0.3 is 0 Å². The van der Waals surface area contributed by atoms with Gasteiger partial charge < -0.3 is 9.84 Å². The van der Waals surface area contributed by atoms with Crippen molar-refractivity contribution in [2.24, 2.45) is 0 Å². The Balaban J connectivity index is 2.97. The number of hydrogen-bond acceptors (Lipinski definition) is 3. The molecule has 0 aliphatic rings. The molecule has 0 aliphatic heterocycles. The molecule has 0 aromatic heterocycles. The van der Waals surface area contributed by atoms with Crippen molar-refractivity contribution in [2.75, 3.05) is 7.04 Å². The van der Waals surface area contributed by atoms with Crippen molar-refractivity contribution in [2.45, 2.75) is 6.92 Å².